The van der Waals surface area contributed by atoms with Gasteiger partial charge in [0.25, 0.3) is 0 Å². The minimum atomic E-state index is -0.848. The van der Waals surface area contributed by atoms with Gasteiger partial charge in [-0.2, -0.15) is 5.48 Å². The summed E-state index contributed by atoms with van der Waals surface area (Å²) in [5.41, 5.74) is 7.54. The first-order chi connectivity index (χ1) is 6.66. The summed E-state index contributed by atoms with van der Waals surface area (Å²) in [5.74, 6) is -1.23. The van der Waals surface area contributed by atoms with Crippen LogP contribution in [0, 0.1) is 0 Å². The van der Waals surface area contributed by atoms with Crippen LogP contribution in [-0.4, -0.2) is 30.1 Å². The van der Waals surface area contributed by atoms with Gasteiger partial charge in [0.1, 0.15) is 0 Å². The van der Waals surface area contributed by atoms with Crippen LogP contribution in [-0.2, 0) is 33.9 Å². The number of nitrogens with one attached hydrogen (secondary N) is 1. The van der Waals surface area contributed by atoms with Crippen molar-refractivity contribution in [3.63, 3.8) is 0 Å². The van der Waals surface area contributed by atoms with E-state index >= 15 is 0 Å². The van der Waals surface area contributed by atoms with Crippen LogP contribution >= 0.6 is 0 Å². The Morgan fingerprint density at radius 1 is 1.27 bits per heavy atom. The number of hydrogen-bond donors (Lipinski definition) is 3. The van der Waals surface area contributed by atoms with E-state index in [0.717, 1.165) is 0 Å². The Kier molecular flexibility index (Phi) is 13.0. The first kappa shape index (κ1) is 16.9. The number of carbonyl (C=O) groups is 2. The average Bonchev–Trinajstić information content (AvgIpc) is 2.13. The van der Waals surface area contributed by atoms with E-state index in [2.05, 4.69) is 10.3 Å². The third-order valence-corrected chi connectivity index (χ3v) is 1.45. The number of hydroxylamine groups is 1. The Hall–Kier alpha value is -0.517. The molecular weight excluding hydrogens is 253 g/mol. The van der Waals surface area contributed by atoms with Crippen LogP contribution in [0.1, 0.15) is 25.7 Å². The van der Waals surface area contributed by atoms with Crippen molar-refractivity contribution in [1.82, 2.24) is 5.48 Å². The topological polar surface area (TPSA) is 102 Å². The molecule has 0 fully saturated rings. The third kappa shape index (κ3) is 13.5. The van der Waals surface area contributed by atoms with Crippen molar-refractivity contribution < 1.29 is 39.0 Å². The molecular formula is C8H16N2O4Zn. The fourth-order valence-corrected chi connectivity index (χ4v) is 0.787. The van der Waals surface area contributed by atoms with E-state index in [1.807, 2.05) is 0 Å². The summed E-state index contributed by atoms with van der Waals surface area (Å²) in [6, 6.07) is 0. The van der Waals surface area contributed by atoms with Crippen molar-refractivity contribution in [3.8, 4) is 0 Å². The second-order valence-electron chi connectivity index (χ2n) is 2.76. The van der Waals surface area contributed by atoms with Gasteiger partial charge in [0.05, 0.1) is 0 Å². The summed E-state index contributed by atoms with van der Waals surface area (Å²) in [5, 5.41) is 8.31. The van der Waals surface area contributed by atoms with Gasteiger partial charge >= 0.3 is 11.9 Å². The van der Waals surface area contributed by atoms with Crippen LogP contribution in [0.25, 0.3) is 0 Å². The average molecular weight is 270 g/mol. The van der Waals surface area contributed by atoms with E-state index in [9.17, 15) is 9.59 Å². The molecule has 0 spiro atoms. The summed E-state index contributed by atoms with van der Waals surface area (Å²) in [6.07, 6.45) is 1.32. The number of carboxylic acids is 1. The smallest absolute Gasteiger partial charge is 0.324 e. The van der Waals surface area contributed by atoms with Crippen molar-refractivity contribution >= 4 is 11.9 Å². The second-order valence-corrected chi connectivity index (χ2v) is 2.76. The van der Waals surface area contributed by atoms with Crippen molar-refractivity contribution in [1.29, 1.82) is 0 Å². The zero-order valence-corrected chi connectivity index (χ0v) is 11.7. The molecule has 0 aromatic heterocycles. The quantitative estimate of drug-likeness (QED) is 0.316. The van der Waals surface area contributed by atoms with E-state index in [0.29, 0.717) is 25.9 Å². The van der Waals surface area contributed by atoms with Crippen LogP contribution in [0.15, 0.2) is 0 Å². The molecule has 15 heavy (non-hydrogen) atoms. The number of nitrogens with two attached hydrogens (primary N) is 1. The molecule has 0 aromatic rings. The molecule has 84 valence electrons. The Morgan fingerprint density at radius 3 is 2.40 bits per heavy atom. The van der Waals surface area contributed by atoms with Gasteiger partial charge in [0.2, 0.25) is 0 Å². The number of hydrogen-bond acceptors (Lipinski definition) is 5. The summed E-state index contributed by atoms with van der Waals surface area (Å²) in [4.78, 5) is 25.6. The molecule has 0 heterocycles. The second kappa shape index (κ2) is 11.6. The van der Waals surface area contributed by atoms with Crippen LogP contribution in [0.3, 0.4) is 0 Å². The van der Waals surface area contributed by atoms with Gasteiger partial charge < -0.3 is 15.7 Å². The maximum Gasteiger partial charge on any atom is 0.324 e. The predicted octanol–water partition coefficient (Wildman–Crippen LogP) is -0.365. The fourth-order valence-electron chi connectivity index (χ4n) is 0.787. The molecule has 0 amide bonds. The molecule has 0 saturated heterocycles. The van der Waals surface area contributed by atoms with Crippen LogP contribution in [0.5, 0.6) is 0 Å². The summed E-state index contributed by atoms with van der Waals surface area (Å²) in [7, 11) is 0. The first-order valence-electron chi connectivity index (χ1n) is 4.51. The fraction of sp³-hybridized carbons (Fsp3) is 0.750. The van der Waals surface area contributed by atoms with Crippen LogP contribution < -0.4 is 11.2 Å². The normalized spacial score (nSPS) is 9.13. The number of unbranched alkanes of at least 4 members (excludes halogenated alkanes) is 1. The van der Waals surface area contributed by atoms with Gasteiger partial charge in [-0.1, -0.05) is 0 Å². The Bertz CT molecular complexity index is 189. The summed E-state index contributed by atoms with van der Waals surface area (Å²) < 4.78 is 0. The van der Waals surface area contributed by atoms with Gasteiger partial charge in [-0.15, -0.1) is 0 Å². The van der Waals surface area contributed by atoms with E-state index in [1.54, 1.807) is 0 Å². The minimum absolute atomic E-state index is 0. The summed E-state index contributed by atoms with van der Waals surface area (Å²) >= 11 is 0. The third-order valence-electron chi connectivity index (χ3n) is 1.45. The molecule has 0 aliphatic carbocycles. The van der Waals surface area contributed by atoms with Crippen molar-refractivity contribution in [3.05, 3.63) is 0 Å². The van der Waals surface area contributed by atoms with E-state index in [1.165, 1.54) is 0 Å². The maximum absolute atomic E-state index is 10.9. The van der Waals surface area contributed by atoms with E-state index in [-0.39, 0.29) is 38.3 Å². The van der Waals surface area contributed by atoms with Crippen molar-refractivity contribution in [2.24, 2.45) is 5.73 Å². The Morgan fingerprint density at radius 2 is 1.87 bits per heavy atom. The van der Waals surface area contributed by atoms with Gasteiger partial charge in [0.15, 0.2) is 0 Å². The molecule has 7 heteroatoms. The van der Waals surface area contributed by atoms with E-state index in [4.69, 9.17) is 10.8 Å². The molecule has 0 unspecified atom stereocenters. The summed E-state index contributed by atoms with van der Waals surface area (Å²) in [6.45, 7) is 0.813. The SMILES string of the molecule is NCCNOC(=O)CCCCC(=O)O.[Zn]. The zero-order valence-electron chi connectivity index (χ0n) is 8.70. The number of carbonyl (C=O) groups excluding carboxylic acids is 1. The molecule has 0 aromatic carbocycles. The molecule has 0 atom stereocenters. The molecule has 0 rings (SSSR count). The number of aliphatic carboxylic acids is 1. The molecule has 0 aliphatic rings. The molecule has 0 saturated carbocycles. The Balaban J connectivity index is 0. The van der Waals surface area contributed by atoms with Crippen LogP contribution in [0.2, 0.25) is 0 Å². The Labute approximate surface area is 101 Å². The van der Waals surface area contributed by atoms with Crippen LogP contribution in [0.4, 0.5) is 0 Å². The largest absolute Gasteiger partial charge is 0.481 e. The number of carboxylic acid groups (broad SMARTS) is 1. The minimum Gasteiger partial charge on any atom is -0.481 e. The van der Waals surface area contributed by atoms with Crippen molar-refractivity contribution in [2.75, 3.05) is 13.1 Å². The zero-order chi connectivity index (χ0) is 10.8. The molecule has 0 aliphatic heterocycles. The van der Waals surface area contributed by atoms with Crippen molar-refractivity contribution in [2.45, 2.75) is 25.7 Å². The van der Waals surface area contributed by atoms with Gasteiger partial charge in [-0.25, -0.2) is 0 Å². The molecule has 6 nitrogen and oxygen atoms in total. The maximum atomic E-state index is 10.9. The van der Waals surface area contributed by atoms with Gasteiger partial charge in [0, 0.05) is 45.4 Å². The monoisotopic (exact) mass is 268 g/mol. The predicted molar refractivity (Wildman–Crippen MR) is 49.3 cm³/mol. The first-order valence-corrected chi connectivity index (χ1v) is 4.51. The van der Waals surface area contributed by atoms with Gasteiger partial charge in [-0.05, 0) is 12.8 Å². The standard InChI is InChI=1S/C8H16N2O4.Zn/c9-5-6-10-14-8(13)4-2-1-3-7(11)12;/h10H,1-6,9H2,(H,11,12);. The van der Waals surface area contributed by atoms with E-state index < -0.39 is 5.97 Å². The number of rotatable bonds is 8. The van der Waals surface area contributed by atoms with Gasteiger partial charge in [-0.3, -0.25) is 9.59 Å². The molecule has 4 N–H and O–H groups in total. The molecule has 0 bridgehead atoms. The molecule has 0 radical (unpaired) electrons.